The van der Waals surface area contributed by atoms with E-state index in [0.717, 1.165) is 38.5 Å². The van der Waals surface area contributed by atoms with Crippen LogP contribution in [-0.4, -0.2) is 41.8 Å². The monoisotopic (exact) mass is 444 g/mol. The standard InChI is InChI=1S/C27H40O5/c1-7-20(17(3)28)32-24-10-11-25(5)21-9-8-19-14-27(21,13-16(19)2)23(30)12-22(25)26(24,6)15-31-18(4)29/h7,19-24,30H,1-2,8-15H2,3-6H3/t19-,20?,21+,22?,23+,24-,25+,26-,27+/m1/s1. The fourth-order valence-corrected chi connectivity index (χ4v) is 8.45. The van der Waals surface area contributed by atoms with Crippen LogP contribution >= 0.6 is 0 Å². The molecule has 2 bridgehead atoms. The first-order valence-electron chi connectivity index (χ1n) is 12.3. The zero-order chi connectivity index (χ0) is 23.5. The zero-order valence-electron chi connectivity index (χ0n) is 20.2. The van der Waals surface area contributed by atoms with Crippen LogP contribution in [0.2, 0.25) is 0 Å². The SMILES string of the molecule is C=CC(O[C@@H]1CC[C@]2(C)C(C[C@H](O)[C@]34CC(=C)[C@H](CC[C@H]32)C4)[C@@]1(C)COC(C)=O)C(C)=O. The molecule has 5 nitrogen and oxygen atoms in total. The number of carbonyl (C=O) groups is 2. The van der Waals surface area contributed by atoms with E-state index in [9.17, 15) is 14.7 Å². The summed E-state index contributed by atoms with van der Waals surface area (Å²) in [4.78, 5) is 23.9. The number of hydrogen-bond donors (Lipinski definition) is 1. The van der Waals surface area contributed by atoms with Crippen molar-refractivity contribution in [3.63, 3.8) is 0 Å². The van der Waals surface area contributed by atoms with Crippen LogP contribution in [0.5, 0.6) is 0 Å². The van der Waals surface area contributed by atoms with Gasteiger partial charge in [0.25, 0.3) is 0 Å². The summed E-state index contributed by atoms with van der Waals surface area (Å²) in [6.45, 7) is 15.9. The number of rotatable bonds is 6. The number of hydrogen-bond acceptors (Lipinski definition) is 5. The predicted molar refractivity (Wildman–Crippen MR) is 123 cm³/mol. The van der Waals surface area contributed by atoms with Gasteiger partial charge in [0.1, 0.15) is 6.10 Å². The molecule has 2 unspecified atom stereocenters. The van der Waals surface area contributed by atoms with Gasteiger partial charge in [0, 0.05) is 17.8 Å². The Bertz CT molecular complexity index is 819. The average Bonchev–Trinajstić information content (AvgIpc) is 2.98. The summed E-state index contributed by atoms with van der Waals surface area (Å²) in [5.74, 6) is 0.705. The van der Waals surface area contributed by atoms with Crippen molar-refractivity contribution in [2.75, 3.05) is 6.61 Å². The summed E-state index contributed by atoms with van der Waals surface area (Å²) >= 11 is 0. The predicted octanol–water partition coefficient (Wildman–Crippen LogP) is 4.63. The maximum Gasteiger partial charge on any atom is 0.302 e. The summed E-state index contributed by atoms with van der Waals surface area (Å²) < 4.78 is 11.9. The summed E-state index contributed by atoms with van der Waals surface area (Å²) in [7, 11) is 0. The maximum absolute atomic E-state index is 12.1. The number of ketones is 1. The van der Waals surface area contributed by atoms with Gasteiger partial charge in [-0.3, -0.25) is 9.59 Å². The molecular formula is C27H40O5. The van der Waals surface area contributed by atoms with Gasteiger partial charge in [-0.2, -0.15) is 0 Å². The Morgan fingerprint density at radius 3 is 2.56 bits per heavy atom. The van der Waals surface area contributed by atoms with Crippen LogP contribution in [0.1, 0.15) is 72.6 Å². The number of fused-ring (bicyclic) bond motifs is 3. The molecule has 0 radical (unpaired) electrons. The molecule has 0 aromatic rings. The first-order valence-corrected chi connectivity index (χ1v) is 12.3. The minimum Gasteiger partial charge on any atom is -0.465 e. The highest BCUT2D eigenvalue weighted by Crippen LogP contribution is 2.72. The molecule has 5 heteroatoms. The number of carbonyl (C=O) groups excluding carboxylic acids is 2. The van der Waals surface area contributed by atoms with E-state index in [1.807, 2.05) is 0 Å². The molecule has 1 N–H and O–H groups in total. The Morgan fingerprint density at radius 2 is 1.94 bits per heavy atom. The second kappa shape index (κ2) is 8.09. The molecule has 0 aromatic heterocycles. The van der Waals surface area contributed by atoms with E-state index in [4.69, 9.17) is 9.47 Å². The van der Waals surface area contributed by atoms with Crippen molar-refractivity contribution in [3.8, 4) is 0 Å². The van der Waals surface area contributed by atoms with E-state index >= 15 is 0 Å². The third kappa shape index (κ3) is 3.42. The van der Waals surface area contributed by atoms with Gasteiger partial charge in [0.15, 0.2) is 5.78 Å². The maximum atomic E-state index is 12.1. The lowest BCUT2D eigenvalue weighted by Crippen LogP contribution is -2.65. The second-order valence-corrected chi connectivity index (χ2v) is 11.6. The van der Waals surface area contributed by atoms with E-state index in [0.29, 0.717) is 18.3 Å². The number of allylic oxidation sites excluding steroid dienone is 1. The Kier molecular flexibility index (Phi) is 5.99. The van der Waals surface area contributed by atoms with Gasteiger partial charge < -0.3 is 14.6 Å². The lowest BCUT2D eigenvalue weighted by Gasteiger charge is -2.66. The summed E-state index contributed by atoms with van der Waals surface area (Å²) in [5.41, 5.74) is 0.779. The van der Waals surface area contributed by atoms with Gasteiger partial charge in [-0.15, -0.1) is 6.58 Å². The van der Waals surface area contributed by atoms with Crippen molar-refractivity contribution < 1.29 is 24.2 Å². The lowest BCUT2D eigenvalue weighted by atomic mass is 9.40. The van der Waals surface area contributed by atoms with Gasteiger partial charge in [-0.05, 0) is 75.0 Å². The van der Waals surface area contributed by atoms with Crippen LogP contribution in [0.3, 0.4) is 0 Å². The zero-order valence-corrected chi connectivity index (χ0v) is 20.2. The minimum atomic E-state index is -0.672. The molecule has 0 aromatic carbocycles. The van der Waals surface area contributed by atoms with E-state index in [1.165, 1.54) is 19.4 Å². The van der Waals surface area contributed by atoms with Crippen LogP contribution in [0.15, 0.2) is 24.8 Å². The molecule has 4 aliphatic rings. The Morgan fingerprint density at radius 1 is 1.22 bits per heavy atom. The number of Topliss-reactive ketones (excluding diaryl/α,β-unsaturated/α-hetero) is 1. The molecule has 4 fully saturated rings. The van der Waals surface area contributed by atoms with Crippen molar-refractivity contribution in [1.82, 2.24) is 0 Å². The van der Waals surface area contributed by atoms with Gasteiger partial charge in [0.05, 0.1) is 18.8 Å². The van der Waals surface area contributed by atoms with Crippen LogP contribution < -0.4 is 0 Å². The van der Waals surface area contributed by atoms with Gasteiger partial charge in [0.2, 0.25) is 0 Å². The van der Waals surface area contributed by atoms with Crippen LogP contribution in [0.25, 0.3) is 0 Å². The summed E-state index contributed by atoms with van der Waals surface area (Å²) in [6.07, 6.45) is 6.96. The first-order chi connectivity index (χ1) is 15.0. The molecule has 4 saturated carbocycles. The topological polar surface area (TPSA) is 72.8 Å². The molecule has 0 saturated heterocycles. The Labute approximate surface area is 192 Å². The van der Waals surface area contributed by atoms with Gasteiger partial charge in [-0.1, -0.05) is 32.1 Å². The third-order valence-electron chi connectivity index (χ3n) is 9.96. The molecule has 1 spiro atoms. The number of aliphatic hydroxyl groups excluding tert-OH is 1. The fraction of sp³-hybridized carbons (Fsp3) is 0.778. The first kappa shape index (κ1) is 23.7. The largest absolute Gasteiger partial charge is 0.465 e. The molecule has 0 aliphatic heterocycles. The highest BCUT2D eigenvalue weighted by molar-refractivity contribution is 5.82. The molecule has 32 heavy (non-hydrogen) atoms. The van der Waals surface area contributed by atoms with Gasteiger partial charge in [-0.25, -0.2) is 0 Å². The molecule has 4 aliphatic carbocycles. The Hall–Kier alpha value is -1.46. The van der Waals surface area contributed by atoms with Gasteiger partial charge >= 0.3 is 5.97 Å². The number of ether oxygens (including phenoxy) is 2. The second-order valence-electron chi connectivity index (χ2n) is 11.6. The Balaban J connectivity index is 1.71. The van der Waals surface area contributed by atoms with E-state index < -0.39 is 17.6 Å². The minimum absolute atomic E-state index is 0.0173. The van der Waals surface area contributed by atoms with E-state index in [-0.39, 0.29) is 41.2 Å². The van der Waals surface area contributed by atoms with Crippen molar-refractivity contribution in [1.29, 1.82) is 0 Å². The molecule has 9 atom stereocenters. The molecule has 4 rings (SSSR count). The smallest absolute Gasteiger partial charge is 0.302 e. The molecular weight excluding hydrogens is 404 g/mol. The normalized spacial score (nSPS) is 46.0. The highest BCUT2D eigenvalue weighted by Gasteiger charge is 2.68. The van der Waals surface area contributed by atoms with Crippen molar-refractivity contribution >= 4 is 11.8 Å². The fourth-order valence-electron chi connectivity index (χ4n) is 8.45. The van der Waals surface area contributed by atoms with Crippen LogP contribution in [0, 0.1) is 34.0 Å². The van der Waals surface area contributed by atoms with Crippen LogP contribution in [-0.2, 0) is 19.1 Å². The lowest BCUT2D eigenvalue weighted by molar-refractivity contribution is -0.242. The van der Waals surface area contributed by atoms with Crippen molar-refractivity contribution in [2.45, 2.75) is 91.0 Å². The molecule has 0 heterocycles. The molecule has 0 amide bonds. The summed E-state index contributed by atoms with van der Waals surface area (Å²) in [5, 5.41) is 11.6. The number of aliphatic hydroxyl groups is 1. The number of esters is 1. The molecule has 178 valence electrons. The average molecular weight is 445 g/mol. The highest BCUT2D eigenvalue weighted by atomic mass is 16.5. The van der Waals surface area contributed by atoms with Crippen molar-refractivity contribution in [2.24, 2.45) is 34.0 Å². The summed E-state index contributed by atoms with van der Waals surface area (Å²) in [6, 6.07) is 0. The van der Waals surface area contributed by atoms with Crippen LogP contribution in [0.4, 0.5) is 0 Å². The third-order valence-corrected chi connectivity index (χ3v) is 9.96. The van der Waals surface area contributed by atoms with E-state index in [1.54, 1.807) is 6.08 Å². The quantitative estimate of drug-likeness (QED) is 0.478. The van der Waals surface area contributed by atoms with E-state index in [2.05, 4.69) is 27.0 Å². The van der Waals surface area contributed by atoms with Crippen molar-refractivity contribution in [3.05, 3.63) is 24.8 Å².